The van der Waals surface area contributed by atoms with Gasteiger partial charge in [0.25, 0.3) is 5.91 Å². The first-order valence-electron chi connectivity index (χ1n) is 9.29. The number of anilines is 1. The molecule has 2 aromatic rings. The fraction of sp³-hybridized carbons (Fsp3) is 0.409. The summed E-state index contributed by atoms with van der Waals surface area (Å²) in [6.07, 6.45) is 0. The number of hydrogen-bond donors (Lipinski definition) is 0. The molecule has 138 valence electrons. The lowest BCUT2D eigenvalue weighted by atomic mass is 9.95. The quantitative estimate of drug-likeness (QED) is 0.831. The minimum atomic E-state index is 0.125. The maximum absolute atomic E-state index is 13.1. The monoisotopic (exact) mass is 352 g/mol. The molecule has 0 bridgehead atoms. The number of benzene rings is 2. The van der Waals surface area contributed by atoms with Crippen molar-refractivity contribution in [3.05, 3.63) is 59.2 Å². The van der Waals surface area contributed by atoms with E-state index in [0.717, 1.165) is 48.6 Å². The van der Waals surface area contributed by atoms with Crippen molar-refractivity contribution in [3.8, 4) is 5.75 Å². The smallest absolute Gasteiger partial charge is 0.254 e. The maximum Gasteiger partial charge on any atom is 0.254 e. The van der Waals surface area contributed by atoms with Crippen LogP contribution in [0.25, 0.3) is 0 Å². The summed E-state index contributed by atoms with van der Waals surface area (Å²) in [6.45, 7) is 9.45. The molecule has 0 unspecified atom stereocenters. The molecule has 0 N–H and O–H groups in total. The SMILES string of the molecule is COc1cc(C)c(C(=O)N2CCN(c3ccccc3)CC2)cc1C(C)C. The molecule has 0 aromatic heterocycles. The Balaban J connectivity index is 1.75. The molecular weight excluding hydrogens is 324 g/mol. The zero-order chi connectivity index (χ0) is 18.7. The zero-order valence-corrected chi connectivity index (χ0v) is 16.2. The van der Waals surface area contributed by atoms with Gasteiger partial charge in [0.2, 0.25) is 0 Å². The van der Waals surface area contributed by atoms with Crippen LogP contribution in [-0.4, -0.2) is 44.1 Å². The van der Waals surface area contributed by atoms with Crippen LogP contribution in [0, 0.1) is 6.92 Å². The van der Waals surface area contributed by atoms with Gasteiger partial charge in [-0.3, -0.25) is 4.79 Å². The summed E-state index contributed by atoms with van der Waals surface area (Å²) in [5.41, 5.74) is 4.08. The molecule has 1 amide bonds. The van der Waals surface area contributed by atoms with Gasteiger partial charge in [-0.2, -0.15) is 0 Å². The summed E-state index contributed by atoms with van der Waals surface area (Å²) in [5, 5.41) is 0. The number of carbonyl (C=O) groups is 1. The molecule has 4 heteroatoms. The second-order valence-corrected chi connectivity index (χ2v) is 7.18. The molecule has 4 nitrogen and oxygen atoms in total. The average molecular weight is 352 g/mol. The van der Waals surface area contributed by atoms with Crippen LogP contribution < -0.4 is 9.64 Å². The predicted octanol–water partition coefficient (Wildman–Crippen LogP) is 4.09. The summed E-state index contributed by atoms with van der Waals surface area (Å²) in [5.74, 6) is 1.30. The topological polar surface area (TPSA) is 32.8 Å². The van der Waals surface area contributed by atoms with Crippen LogP contribution in [0.4, 0.5) is 5.69 Å². The molecule has 0 saturated carbocycles. The first kappa shape index (κ1) is 18.3. The van der Waals surface area contributed by atoms with Crippen molar-refractivity contribution < 1.29 is 9.53 Å². The molecule has 1 heterocycles. The van der Waals surface area contributed by atoms with E-state index >= 15 is 0 Å². The van der Waals surface area contributed by atoms with Crippen molar-refractivity contribution in [1.82, 2.24) is 4.90 Å². The third-order valence-corrected chi connectivity index (χ3v) is 5.12. The Bertz CT molecular complexity index is 763. The van der Waals surface area contributed by atoms with Gasteiger partial charge in [-0.15, -0.1) is 0 Å². The van der Waals surface area contributed by atoms with Crippen LogP contribution in [0.5, 0.6) is 5.75 Å². The molecule has 1 aliphatic rings. The highest BCUT2D eigenvalue weighted by molar-refractivity contribution is 5.96. The van der Waals surface area contributed by atoms with Gasteiger partial charge in [0.1, 0.15) is 5.75 Å². The normalized spacial score (nSPS) is 14.7. The highest BCUT2D eigenvalue weighted by atomic mass is 16.5. The van der Waals surface area contributed by atoms with Gasteiger partial charge in [-0.1, -0.05) is 32.0 Å². The number of methoxy groups -OCH3 is 1. The molecule has 1 aliphatic heterocycles. The van der Waals surface area contributed by atoms with E-state index in [1.807, 2.05) is 30.0 Å². The van der Waals surface area contributed by atoms with Crippen molar-refractivity contribution >= 4 is 11.6 Å². The molecule has 26 heavy (non-hydrogen) atoms. The molecular formula is C22H28N2O2. The summed E-state index contributed by atoms with van der Waals surface area (Å²) in [7, 11) is 1.69. The molecule has 0 spiro atoms. The van der Waals surface area contributed by atoms with Crippen molar-refractivity contribution in [1.29, 1.82) is 0 Å². The molecule has 0 aliphatic carbocycles. The fourth-order valence-corrected chi connectivity index (χ4v) is 3.53. The van der Waals surface area contributed by atoms with E-state index in [2.05, 4.69) is 43.0 Å². The van der Waals surface area contributed by atoms with E-state index in [0.29, 0.717) is 5.92 Å². The van der Waals surface area contributed by atoms with E-state index in [4.69, 9.17) is 4.74 Å². The van der Waals surface area contributed by atoms with Crippen molar-refractivity contribution in [2.75, 3.05) is 38.2 Å². The standard InChI is InChI=1S/C22H28N2O2/c1-16(2)19-15-20(17(3)14-21(19)26-4)22(25)24-12-10-23(11-13-24)18-8-6-5-7-9-18/h5-9,14-16H,10-13H2,1-4H3. The van der Waals surface area contributed by atoms with Crippen LogP contribution in [-0.2, 0) is 0 Å². The number of para-hydroxylation sites is 1. The Morgan fingerprint density at radius 3 is 2.27 bits per heavy atom. The van der Waals surface area contributed by atoms with Crippen LogP contribution in [0.2, 0.25) is 0 Å². The minimum absolute atomic E-state index is 0.125. The van der Waals surface area contributed by atoms with Crippen LogP contribution in [0.15, 0.2) is 42.5 Å². The van der Waals surface area contributed by atoms with Crippen molar-refractivity contribution in [2.45, 2.75) is 26.7 Å². The fourth-order valence-electron chi connectivity index (χ4n) is 3.53. The zero-order valence-electron chi connectivity index (χ0n) is 16.2. The average Bonchev–Trinajstić information content (AvgIpc) is 2.67. The maximum atomic E-state index is 13.1. The summed E-state index contributed by atoms with van der Waals surface area (Å²) in [6, 6.07) is 14.4. The van der Waals surface area contributed by atoms with E-state index in [1.54, 1.807) is 7.11 Å². The molecule has 1 fully saturated rings. The molecule has 0 radical (unpaired) electrons. The minimum Gasteiger partial charge on any atom is -0.496 e. The number of amides is 1. The number of aryl methyl sites for hydroxylation is 1. The Hall–Kier alpha value is -2.49. The number of rotatable bonds is 4. The van der Waals surface area contributed by atoms with Crippen LogP contribution >= 0.6 is 0 Å². The van der Waals surface area contributed by atoms with Gasteiger partial charge in [-0.25, -0.2) is 0 Å². The van der Waals surface area contributed by atoms with Gasteiger partial charge in [0, 0.05) is 37.4 Å². The highest BCUT2D eigenvalue weighted by Crippen LogP contribution is 2.30. The van der Waals surface area contributed by atoms with Crippen molar-refractivity contribution in [3.63, 3.8) is 0 Å². The van der Waals surface area contributed by atoms with E-state index < -0.39 is 0 Å². The third kappa shape index (κ3) is 3.69. The van der Waals surface area contributed by atoms with Crippen LogP contribution in [0.3, 0.4) is 0 Å². The molecule has 3 rings (SSSR count). The number of ether oxygens (including phenoxy) is 1. The van der Waals surface area contributed by atoms with Crippen molar-refractivity contribution in [2.24, 2.45) is 0 Å². The van der Waals surface area contributed by atoms with Gasteiger partial charge < -0.3 is 14.5 Å². The molecule has 0 atom stereocenters. The van der Waals surface area contributed by atoms with Gasteiger partial charge >= 0.3 is 0 Å². The van der Waals surface area contributed by atoms with Crippen LogP contribution in [0.1, 0.15) is 41.3 Å². The third-order valence-electron chi connectivity index (χ3n) is 5.12. The van der Waals surface area contributed by atoms with Gasteiger partial charge in [-0.05, 0) is 48.2 Å². The first-order chi connectivity index (χ1) is 12.5. The number of hydrogen-bond acceptors (Lipinski definition) is 3. The van der Waals surface area contributed by atoms with E-state index in [9.17, 15) is 4.79 Å². The lowest BCUT2D eigenvalue weighted by molar-refractivity contribution is 0.0746. The number of carbonyl (C=O) groups excluding carboxylic acids is 1. The number of piperazine rings is 1. The van der Waals surface area contributed by atoms with Gasteiger partial charge in [0.05, 0.1) is 7.11 Å². The Morgan fingerprint density at radius 2 is 1.69 bits per heavy atom. The Kier molecular flexibility index (Phi) is 5.50. The molecule has 1 saturated heterocycles. The largest absolute Gasteiger partial charge is 0.496 e. The summed E-state index contributed by atoms with van der Waals surface area (Å²) >= 11 is 0. The van der Waals surface area contributed by atoms with E-state index in [1.165, 1.54) is 5.69 Å². The first-order valence-corrected chi connectivity index (χ1v) is 9.29. The summed E-state index contributed by atoms with van der Waals surface area (Å²) < 4.78 is 5.50. The predicted molar refractivity (Wildman–Crippen MR) is 106 cm³/mol. The lowest BCUT2D eigenvalue weighted by Gasteiger charge is -2.36. The lowest BCUT2D eigenvalue weighted by Crippen LogP contribution is -2.49. The second kappa shape index (κ2) is 7.81. The number of nitrogens with zero attached hydrogens (tertiary/aromatic N) is 2. The van der Waals surface area contributed by atoms with Gasteiger partial charge in [0.15, 0.2) is 0 Å². The molecule has 2 aromatic carbocycles. The Labute approximate surface area is 156 Å². The summed E-state index contributed by atoms with van der Waals surface area (Å²) in [4.78, 5) is 17.4. The Morgan fingerprint density at radius 1 is 1.04 bits per heavy atom. The highest BCUT2D eigenvalue weighted by Gasteiger charge is 2.24. The van der Waals surface area contributed by atoms with E-state index in [-0.39, 0.29) is 5.91 Å². The second-order valence-electron chi connectivity index (χ2n) is 7.18.